The van der Waals surface area contributed by atoms with Crippen molar-refractivity contribution in [3.8, 4) is 5.75 Å². The van der Waals surface area contributed by atoms with Gasteiger partial charge in [0.15, 0.2) is 0 Å². The van der Waals surface area contributed by atoms with Gasteiger partial charge in [0.1, 0.15) is 10.8 Å². The van der Waals surface area contributed by atoms with Crippen molar-refractivity contribution in [1.29, 1.82) is 0 Å². The normalized spacial score (nSPS) is 11.2. The van der Waals surface area contributed by atoms with Crippen LogP contribution in [0.15, 0.2) is 28.7 Å². The van der Waals surface area contributed by atoms with Crippen LogP contribution >= 0.6 is 27.3 Å². The maximum atomic E-state index is 12.4. The van der Waals surface area contributed by atoms with Gasteiger partial charge in [-0.05, 0) is 30.7 Å². The molecule has 1 aromatic heterocycles. The van der Waals surface area contributed by atoms with E-state index in [9.17, 15) is 13.6 Å². The van der Waals surface area contributed by atoms with Crippen LogP contribution in [0.25, 0.3) is 6.08 Å². The van der Waals surface area contributed by atoms with Crippen molar-refractivity contribution in [2.75, 3.05) is 5.32 Å². The van der Waals surface area contributed by atoms with E-state index < -0.39 is 12.5 Å². The monoisotopic (exact) mass is 403 g/mol. The molecule has 0 atom stereocenters. The average molecular weight is 404 g/mol. The summed E-state index contributed by atoms with van der Waals surface area (Å²) in [6.45, 7) is -1.00. The topological polar surface area (TPSA) is 64.1 Å². The van der Waals surface area contributed by atoms with Gasteiger partial charge in [-0.3, -0.25) is 10.1 Å². The zero-order valence-corrected chi connectivity index (χ0v) is 14.3. The fourth-order valence-electron chi connectivity index (χ4n) is 1.61. The molecule has 23 heavy (non-hydrogen) atoms. The first kappa shape index (κ1) is 17.5. The van der Waals surface area contributed by atoms with Crippen molar-refractivity contribution in [2.45, 2.75) is 20.0 Å². The molecular weight excluding hydrogens is 392 g/mol. The van der Waals surface area contributed by atoms with Crippen molar-refractivity contribution in [3.63, 3.8) is 0 Å². The van der Waals surface area contributed by atoms with Crippen LogP contribution in [0.2, 0.25) is 0 Å². The molecule has 0 fully saturated rings. The molecule has 1 amide bonds. The van der Waals surface area contributed by atoms with E-state index in [-0.39, 0.29) is 5.75 Å². The lowest BCUT2D eigenvalue weighted by molar-refractivity contribution is -0.111. The van der Waals surface area contributed by atoms with Gasteiger partial charge in [-0.1, -0.05) is 34.2 Å². The van der Waals surface area contributed by atoms with Crippen LogP contribution in [0, 0.1) is 0 Å². The lowest BCUT2D eigenvalue weighted by atomic mass is 10.2. The third-order valence-corrected chi connectivity index (χ3v) is 4.08. The van der Waals surface area contributed by atoms with Crippen molar-refractivity contribution in [2.24, 2.45) is 0 Å². The highest BCUT2D eigenvalue weighted by atomic mass is 79.9. The number of alkyl halides is 2. The molecule has 0 spiro atoms. The third-order valence-electron chi connectivity index (χ3n) is 2.60. The summed E-state index contributed by atoms with van der Waals surface area (Å²) in [5.41, 5.74) is 0.348. The van der Waals surface area contributed by atoms with E-state index >= 15 is 0 Å². The number of aryl methyl sites for hydroxylation is 1. The van der Waals surface area contributed by atoms with E-state index in [0.717, 1.165) is 11.4 Å². The van der Waals surface area contributed by atoms with Crippen molar-refractivity contribution < 1.29 is 18.3 Å². The van der Waals surface area contributed by atoms with Gasteiger partial charge >= 0.3 is 6.61 Å². The summed E-state index contributed by atoms with van der Waals surface area (Å²) in [4.78, 5) is 11.8. The summed E-state index contributed by atoms with van der Waals surface area (Å²) in [7, 11) is 0. The number of aromatic nitrogens is 2. The summed E-state index contributed by atoms with van der Waals surface area (Å²) in [5, 5.41) is 11.5. The third kappa shape index (κ3) is 5.36. The fraction of sp³-hybridized carbons (Fsp3) is 0.214. The number of rotatable bonds is 6. The Labute approximate surface area is 143 Å². The Bertz CT molecular complexity index is 722. The molecule has 0 saturated heterocycles. The standard InChI is InChI=1S/C14H12BrF2N3O2S/c1-2-12-19-20-14(23-12)18-11(21)6-3-8-7-9(15)4-5-10(8)22-13(16)17/h3-7,13H,2H2,1H3,(H,18,20,21)/b6-3+. The van der Waals surface area contributed by atoms with Crippen LogP contribution in [0.3, 0.4) is 0 Å². The number of ether oxygens (including phenoxy) is 1. The number of nitrogens with zero attached hydrogens (tertiary/aromatic N) is 2. The van der Waals surface area contributed by atoms with Gasteiger partial charge < -0.3 is 4.74 Å². The SMILES string of the molecule is CCc1nnc(NC(=O)/C=C/c2cc(Br)ccc2OC(F)F)s1. The predicted molar refractivity (Wildman–Crippen MR) is 87.7 cm³/mol. The van der Waals surface area contributed by atoms with Crippen LogP contribution in [0.4, 0.5) is 13.9 Å². The Hall–Kier alpha value is -1.87. The van der Waals surface area contributed by atoms with Crippen molar-refractivity contribution in [3.05, 3.63) is 39.3 Å². The number of anilines is 1. The second-order valence-corrected chi connectivity index (χ2v) is 6.22. The first-order valence-corrected chi connectivity index (χ1v) is 8.14. The molecule has 2 aromatic rings. The first-order chi connectivity index (χ1) is 11.0. The minimum absolute atomic E-state index is 0.0172. The Morgan fingerprint density at radius 2 is 2.26 bits per heavy atom. The summed E-state index contributed by atoms with van der Waals surface area (Å²) in [6, 6.07) is 4.54. The summed E-state index contributed by atoms with van der Waals surface area (Å²) in [6.07, 6.45) is 3.34. The maximum absolute atomic E-state index is 12.4. The minimum atomic E-state index is -2.94. The molecule has 122 valence electrons. The van der Waals surface area contributed by atoms with Crippen LogP contribution in [-0.2, 0) is 11.2 Å². The van der Waals surface area contributed by atoms with Gasteiger partial charge in [-0.15, -0.1) is 10.2 Å². The van der Waals surface area contributed by atoms with Gasteiger partial charge in [0.05, 0.1) is 0 Å². The number of halogens is 3. The fourth-order valence-corrected chi connectivity index (χ4v) is 2.67. The lowest BCUT2D eigenvalue weighted by Gasteiger charge is -2.08. The molecule has 0 saturated carbocycles. The number of carbonyl (C=O) groups is 1. The second kappa shape index (κ2) is 8.11. The zero-order chi connectivity index (χ0) is 16.8. The molecule has 0 aliphatic heterocycles. The Morgan fingerprint density at radius 3 is 2.91 bits per heavy atom. The van der Waals surface area contributed by atoms with Gasteiger partial charge in [-0.25, -0.2) is 0 Å². The Morgan fingerprint density at radius 1 is 1.48 bits per heavy atom. The zero-order valence-electron chi connectivity index (χ0n) is 11.9. The van der Waals surface area contributed by atoms with Gasteiger partial charge in [0, 0.05) is 16.1 Å². The molecule has 1 heterocycles. The highest BCUT2D eigenvalue weighted by Crippen LogP contribution is 2.26. The number of benzene rings is 1. The van der Waals surface area contributed by atoms with Crippen LogP contribution in [0.5, 0.6) is 5.75 Å². The molecule has 2 rings (SSSR count). The average Bonchev–Trinajstić information content (AvgIpc) is 2.94. The van der Waals surface area contributed by atoms with E-state index in [1.165, 1.54) is 29.6 Å². The summed E-state index contributed by atoms with van der Waals surface area (Å²) >= 11 is 4.52. The number of nitrogens with one attached hydrogen (secondary N) is 1. The van der Waals surface area contributed by atoms with Gasteiger partial charge in [-0.2, -0.15) is 8.78 Å². The Kier molecular flexibility index (Phi) is 6.17. The van der Waals surface area contributed by atoms with E-state index in [1.54, 1.807) is 12.1 Å². The van der Waals surface area contributed by atoms with Crippen molar-refractivity contribution in [1.82, 2.24) is 10.2 Å². The summed E-state index contributed by atoms with van der Waals surface area (Å²) in [5.74, 6) is -0.455. The molecule has 5 nitrogen and oxygen atoms in total. The van der Waals surface area contributed by atoms with Crippen LogP contribution in [0.1, 0.15) is 17.5 Å². The molecular formula is C14H12BrF2N3O2S. The summed E-state index contributed by atoms with van der Waals surface area (Å²) < 4.78 is 29.8. The van der Waals surface area contributed by atoms with Crippen molar-refractivity contribution >= 4 is 44.4 Å². The number of hydrogen-bond donors (Lipinski definition) is 1. The predicted octanol–water partition coefficient (Wildman–Crippen LogP) is 4.12. The highest BCUT2D eigenvalue weighted by molar-refractivity contribution is 9.10. The molecule has 0 radical (unpaired) electrons. The molecule has 1 N–H and O–H groups in total. The smallest absolute Gasteiger partial charge is 0.387 e. The van der Waals surface area contributed by atoms with Gasteiger partial charge in [0.2, 0.25) is 11.0 Å². The molecule has 0 aliphatic rings. The maximum Gasteiger partial charge on any atom is 0.387 e. The molecule has 9 heteroatoms. The van der Waals surface area contributed by atoms with E-state index in [1.807, 2.05) is 6.92 Å². The quantitative estimate of drug-likeness (QED) is 0.736. The van der Waals surface area contributed by atoms with E-state index in [2.05, 4.69) is 36.2 Å². The van der Waals surface area contributed by atoms with E-state index in [0.29, 0.717) is 15.2 Å². The highest BCUT2D eigenvalue weighted by Gasteiger charge is 2.09. The number of amides is 1. The molecule has 0 aliphatic carbocycles. The first-order valence-electron chi connectivity index (χ1n) is 6.53. The number of hydrogen-bond acceptors (Lipinski definition) is 5. The van der Waals surface area contributed by atoms with E-state index in [4.69, 9.17) is 0 Å². The minimum Gasteiger partial charge on any atom is -0.434 e. The second-order valence-electron chi connectivity index (χ2n) is 4.24. The molecule has 1 aromatic carbocycles. The molecule has 0 bridgehead atoms. The lowest BCUT2D eigenvalue weighted by Crippen LogP contribution is -2.07. The molecule has 0 unspecified atom stereocenters. The number of carbonyl (C=O) groups excluding carboxylic acids is 1. The largest absolute Gasteiger partial charge is 0.434 e. The van der Waals surface area contributed by atoms with Crippen LogP contribution < -0.4 is 10.1 Å². The van der Waals surface area contributed by atoms with Crippen LogP contribution in [-0.4, -0.2) is 22.7 Å². The Balaban J connectivity index is 2.09. The van der Waals surface area contributed by atoms with Gasteiger partial charge in [0.25, 0.3) is 0 Å².